The van der Waals surface area contributed by atoms with Crippen molar-refractivity contribution in [2.45, 2.75) is 39.3 Å². The number of nitrogens with one attached hydrogen (secondary N) is 2. The first-order chi connectivity index (χ1) is 16.0. The highest BCUT2D eigenvalue weighted by molar-refractivity contribution is 7.16. The monoisotopic (exact) mass is 462 g/mol. The molecule has 170 valence electrons. The van der Waals surface area contributed by atoms with Gasteiger partial charge >= 0.3 is 5.97 Å². The highest BCUT2D eigenvalue weighted by Gasteiger charge is 2.33. The van der Waals surface area contributed by atoms with Crippen molar-refractivity contribution in [3.63, 3.8) is 0 Å². The third kappa shape index (κ3) is 4.20. The summed E-state index contributed by atoms with van der Waals surface area (Å²) in [6.07, 6.45) is 2.72. The molecule has 6 nitrogen and oxygen atoms in total. The highest BCUT2D eigenvalue weighted by Crippen LogP contribution is 2.43. The van der Waals surface area contributed by atoms with Gasteiger partial charge < -0.3 is 20.1 Å². The fourth-order valence-corrected chi connectivity index (χ4v) is 5.86. The summed E-state index contributed by atoms with van der Waals surface area (Å²) in [5, 5.41) is 7.51. The zero-order valence-electron chi connectivity index (χ0n) is 18.6. The number of carbonyl (C=O) groups excluding carboxylic acids is 2. The predicted molar refractivity (Wildman–Crippen MR) is 128 cm³/mol. The Hall–Kier alpha value is -3.32. The van der Waals surface area contributed by atoms with Gasteiger partial charge in [-0.05, 0) is 67.5 Å². The van der Waals surface area contributed by atoms with Crippen LogP contribution in [-0.4, -0.2) is 18.5 Å². The van der Waals surface area contributed by atoms with E-state index in [4.69, 9.17) is 9.47 Å². The fraction of sp³-hybridized carbons (Fsp3) is 0.308. The van der Waals surface area contributed by atoms with E-state index in [9.17, 15) is 9.59 Å². The first-order valence-corrected chi connectivity index (χ1v) is 12.1. The van der Waals surface area contributed by atoms with E-state index in [-0.39, 0.29) is 12.1 Å². The van der Waals surface area contributed by atoms with Crippen molar-refractivity contribution < 1.29 is 19.1 Å². The number of fused-ring (bicyclic) bond motifs is 3. The third-order valence-electron chi connectivity index (χ3n) is 6.10. The lowest BCUT2D eigenvalue weighted by molar-refractivity contribution is 0.0728. The van der Waals surface area contributed by atoms with E-state index in [1.165, 1.54) is 10.4 Å². The van der Waals surface area contributed by atoms with Crippen molar-refractivity contribution in [2.24, 2.45) is 5.92 Å². The van der Waals surface area contributed by atoms with Gasteiger partial charge in [-0.15, -0.1) is 11.3 Å². The molecule has 0 radical (unpaired) electrons. The number of hydrogen-bond acceptors (Lipinski definition) is 6. The van der Waals surface area contributed by atoms with Gasteiger partial charge in [0.1, 0.15) is 11.2 Å². The maximum atomic E-state index is 13.0. The van der Waals surface area contributed by atoms with Gasteiger partial charge in [0, 0.05) is 4.88 Å². The van der Waals surface area contributed by atoms with Crippen LogP contribution in [0, 0.1) is 5.92 Å². The quantitative estimate of drug-likeness (QED) is 0.395. The zero-order chi connectivity index (χ0) is 22.9. The molecule has 2 atom stereocenters. The number of esters is 1. The summed E-state index contributed by atoms with van der Waals surface area (Å²) >= 11 is 1.69. The van der Waals surface area contributed by atoms with Crippen LogP contribution >= 0.6 is 11.3 Å². The van der Waals surface area contributed by atoms with Crippen LogP contribution in [0.4, 0.5) is 5.00 Å². The second-order valence-corrected chi connectivity index (χ2v) is 9.61. The van der Waals surface area contributed by atoms with Crippen molar-refractivity contribution in [3.8, 4) is 11.5 Å². The summed E-state index contributed by atoms with van der Waals surface area (Å²) in [6.45, 7) is 4.56. The van der Waals surface area contributed by atoms with Gasteiger partial charge in [0.2, 0.25) is 0 Å². The molecule has 2 heterocycles. The highest BCUT2D eigenvalue weighted by atomic mass is 32.1. The van der Waals surface area contributed by atoms with Crippen molar-refractivity contribution in [1.82, 2.24) is 5.32 Å². The van der Waals surface area contributed by atoms with E-state index in [2.05, 4.69) is 17.6 Å². The third-order valence-corrected chi connectivity index (χ3v) is 7.29. The summed E-state index contributed by atoms with van der Waals surface area (Å²) in [5.41, 5.74) is 3.30. The molecule has 2 aliphatic rings. The molecule has 3 aromatic rings. The lowest BCUT2D eigenvalue weighted by atomic mass is 9.88. The standard InChI is InChI=1S/C26H26N2O4S/c1-3-31-20-14-17(10-12-19(20)32-26(30)16-7-5-4-6-8-16)23-27-24(29)22-18-11-9-15(2)13-21(18)33-25(22)28-23/h4-8,10,12,14-15,23,28H,3,9,11,13H2,1-2H3,(H,27,29)/t15-,23+/m0/s1. The zero-order valence-corrected chi connectivity index (χ0v) is 19.5. The molecule has 33 heavy (non-hydrogen) atoms. The smallest absolute Gasteiger partial charge is 0.343 e. The second kappa shape index (κ2) is 8.90. The van der Waals surface area contributed by atoms with Crippen molar-refractivity contribution >= 4 is 28.2 Å². The summed E-state index contributed by atoms with van der Waals surface area (Å²) in [5.74, 6) is 0.962. The first-order valence-electron chi connectivity index (χ1n) is 11.3. The van der Waals surface area contributed by atoms with E-state index in [0.717, 1.165) is 35.4 Å². The van der Waals surface area contributed by atoms with E-state index in [0.29, 0.717) is 29.6 Å². The Balaban J connectivity index is 1.40. The van der Waals surface area contributed by atoms with E-state index in [1.807, 2.05) is 25.1 Å². The Labute approximate surface area is 196 Å². The SMILES string of the molecule is CCOc1cc([C@@H]2NC(=O)c3c(sc4c3CC[C@H](C)C4)N2)ccc1OC(=O)c1ccccc1. The van der Waals surface area contributed by atoms with Gasteiger partial charge in [-0.3, -0.25) is 4.79 Å². The van der Waals surface area contributed by atoms with Crippen LogP contribution in [0.3, 0.4) is 0 Å². The number of anilines is 1. The maximum Gasteiger partial charge on any atom is 0.343 e. The molecule has 0 saturated carbocycles. The Morgan fingerprint density at radius 1 is 1.12 bits per heavy atom. The summed E-state index contributed by atoms with van der Waals surface area (Å²) in [7, 11) is 0. The molecule has 0 saturated heterocycles. The van der Waals surface area contributed by atoms with E-state index < -0.39 is 5.97 Å². The minimum atomic E-state index is -0.448. The number of carbonyl (C=O) groups is 2. The Kier molecular flexibility index (Phi) is 5.81. The van der Waals surface area contributed by atoms with Gasteiger partial charge in [-0.2, -0.15) is 0 Å². The molecule has 0 spiro atoms. The molecule has 7 heteroatoms. The van der Waals surface area contributed by atoms with Gasteiger partial charge in [0.25, 0.3) is 5.91 Å². The van der Waals surface area contributed by atoms with Crippen LogP contribution in [0.25, 0.3) is 0 Å². The topological polar surface area (TPSA) is 76.7 Å². The number of hydrogen-bond donors (Lipinski definition) is 2. The van der Waals surface area contributed by atoms with E-state index >= 15 is 0 Å². The number of benzene rings is 2. The normalized spacial score (nSPS) is 19.0. The van der Waals surface area contributed by atoms with Crippen LogP contribution in [0.5, 0.6) is 11.5 Å². The Bertz CT molecular complexity index is 1200. The fourth-order valence-electron chi connectivity index (χ4n) is 4.42. The number of rotatable bonds is 5. The molecule has 0 unspecified atom stereocenters. The molecule has 1 aromatic heterocycles. The van der Waals surface area contributed by atoms with Crippen LogP contribution in [-0.2, 0) is 12.8 Å². The van der Waals surface area contributed by atoms with Crippen molar-refractivity contribution in [2.75, 3.05) is 11.9 Å². The molecule has 2 aromatic carbocycles. The van der Waals surface area contributed by atoms with Crippen molar-refractivity contribution in [1.29, 1.82) is 0 Å². The first kappa shape index (κ1) is 21.5. The van der Waals surface area contributed by atoms with Crippen LogP contribution in [0.15, 0.2) is 48.5 Å². The predicted octanol–water partition coefficient (Wildman–Crippen LogP) is 5.34. The largest absolute Gasteiger partial charge is 0.490 e. The summed E-state index contributed by atoms with van der Waals surface area (Å²) < 4.78 is 11.4. The molecular weight excluding hydrogens is 436 g/mol. The van der Waals surface area contributed by atoms with E-state index in [1.54, 1.807) is 41.7 Å². The Morgan fingerprint density at radius 3 is 2.73 bits per heavy atom. The molecule has 1 aliphatic heterocycles. The Morgan fingerprint density at radius 2 is 1.94 bits per heavy atom. The average molecular weight is 463 g/mol. The minimum absolute atomic E-state index is 0.0432. The van der Waals surface area contributed by atoms with Crippen LogP contribution in [0.1, 0.15) is 63.2 Å². The van der Waals surface area contributed by atoms with Gasteiger partial charge in [-0.1, -0.05) is 31.2 Å². The van der Waals surface area contributed by atoms with Gasteiger partial charge in [0.15, 0.2) is 11.5 Å². The molecule has 5 rings (SSSR count). The summed E-state index contributed by atoms with van der Waals surface area (Å²) in [6, 6.07) is 14.2. The molecule has 0 fully saturated rings. The van der Waals surface area contributed by atoms with Crippen LogP contribution in [0.2, 0.25) is 0 Å². The maximum absolute atomic E-state index is 13.0. The number of thiophene rings is 1. The minimum Gasteiger partial charge on any atom is -0.490 e. The molecule has 2 N–H and O–H groups in total. The molecule has 1 aliphatic carbocycles. The number of ether oxygens (including phenoxy) is 2. The lowest BCUT2D eigenvalue weighted by Crippen LogP contribution is -2.38. The number of amides is 1. The van der Waals surface area contributed by atoms with Gasteiger partial charge in [0.05, 0.1) is 17.7 Å². The average Bonchev–Trinajstić information content (AvgIpc) is 3.18. The lowest BCUT2D eigenvalue weighted by Gasteiger charge is -2.27. The molecule has 0 bridgehead atoms. The second-order valence-electron chi connectivity index (χ2n) is 8.50. The summed E-state index contributed by atoms with van der Waals surface area (Å²) in [4.78, 5) is 26.8. The van der Waals surface area contributed by atoms with Crippen LogP contribution < -0.4 is 20.1 Å². The van der Waals surface area contributed by atoms with Gasteiger partial charge in [-0.25, -0.2) is 4.79 Å². The molecule has 1 amide bonds. The van der Waals surface area contributed by atoms with Crippen molar-refractivity contribution in [3.05, 3.63) is 75.7 Å². The molecular formula is C26H26N2O4S.